The Hall–Kier alpha value is -3.42. The van der Waals surface area contributed by atoms with E-state index in [2.05, 4.69) is 40.8 Å². The van der Waals surface area contributed by atoms with Crippen LogP contribution < -0.4 is 4.90 Å². The first-order chi connectivity index (χ1) is 19.0. The van der Waals surface area contributed by atoms with Crippen molar-refractivity contribution >= 4 is 29.4 Å². The van der Waals surface area contributed by atoms with Gasteiger partial charge in [0.2, 0.25) is 5.78 Å². The summed E-state index contributed by atoms with van der Waals surface area (Å²) in [4.78, 5) is 52.5. The number of Topliss-reactive ketones (excluding diaryl/α,β-unsaturated/α-hetero) is 1. The van der Waals surface area contributed by atoms with Gasteiger partial charge in [0.15, 0.2) is 18.0 Å². The monoisotopic (exact) mass is 549 g/mol. The average Bonchev–Trinajstić information content (AvgIpc) is 3.22. The zero-order valence-electron chi connectivity index (χ0n) is 24.1. The summed E-state index contributed by atoms with van der Waals surface area (Å²) >= 11 is 0. The van der Waals surface area contributed by atoms with Crippen LogP contribution in [-0.2, 0) is 28.6 Å². The number of methoxy groups -OCH3 is 1. The Kier molecular flexibility index (Phi) is 7.40. The number of hydrogen-bond donors (Lipinski definition) is 0. The minimum absolute atomic E-state index is 0.00303. The van der Waals surface area contributed by atoms with Gasteiger partial charge < -0.3 is 19.1 Å². The van der Waals surface area contributed by atoms with E-state index in [-0.39, 0.29) is 23.5 Å². The predicted octanol–water partition coefficient (Wildman–Crippen LogP) is 5.31. The molecule has 5 rings (SSSR count). The van der Waals surface area contributed by atoms with E-state index in [0.717, 1.165) is 42.5 Å². The van der Waals surface area contributed by atoms with Crippen LogP contribution in [0.25, 0.3) is 0 Å². The van der Waals surface area contributed by atoms with E-state index in [1.807, 2.05) is 20.2 Å². The largest absolute Gasteiger partial charge is 0.508 e. The highest BCUT2D eigenvalue weighted by atomic mass is 16.7. The van der Waals surface area contributed by atoms with Crippen LogP contribution >= 0.6 is 0 Å². The SMILES string of the molecule is COC(=O)OCC(=O)[C@@]1(OC(C)=O)CC[C@H]2[C@@H]3CCC4=CC(=O)CCC4=C3[C@@H](c3ccc(N(C)C)cc3)C[C@@]21C. The van der Waals surface area contributed by atoms with Gasteiger partial charge in [0.25, 0.3) is 0 Å². The molecule has 0 unspecified atom stereocenters. The molecule has 0 aromatic heterocycles. The number of ketones is 2. The Bertz CT molecular complexity index is 1290. The zero-order valence-corrected chi connectivity index (χ0v) is 24.1. The van der Waals surface area contributed by atoms with Crippen molar-refractivity contribution in [3.05, 3.63) is 52.6 Å². The van der Waals surface area contributed by atoms with Gasteiger partial charge in [-0.25, -0.2) is 4.79 Å². The number of ether oxygens (including phenoxy) is 3. The maximum absolute atomic E-state index is 13.9. The van der Waals surface area contributed by atoms with Crippen LogP contribution in [0.1, 0.15) is 70.3 Å². The number of allylic oxidation sites excluding steroid dienone is 4. The molecule has 1 aromatic rings. The second kappa shape index (κ2) is 10.5. The number of hydrogen-bond acceptors (Lipinski definition) is 8. The topological polar surface area (TPSA) is 99.2 Å². The number of rotatable bonds is 6. The number of anilines is 1. The highest BCUT2D eigenvalue weighted by Crippen LogP contribution is 2.67. The predicted molar refractivity (Wildman–Crippen MR) is 149 cm³/mol. The van der Waals surface area contributed by atoms with Gasteiger partial charge in [-0.15, -0.1) is 0 Å². The lowest BCUT2D eigenvalue weighted by atomic mass is 9.50. The van der Waals surface area contributed by atoms with Crippen molar-refractivity contribution in [2.75, 3.05) is 32.7 Å². The molecular formula is C32H39NO7. The molecule has 2 fully saturated rings. The zero-order chi connectivity index (χ0) is 28.8. The standard InChI is InChI=1S/C32H39NO7/c1-19(34)40-32(28(36)18-39-30(37)38-5)15-14-27-25-12-8-21-16-23(35)11-13-24(21)29(25)26(17-31(27,32)2)20-6-9-22(10-7-20)33(3)4/h6-7,9-10,16,25-27H,8,11-15,17-18H2,1-5H3/t25-,26+,27-,31-,32-/m0/s1. The normalized spacial score (nSPS) is 30.9. The molecule has 5 atom stereocenters. The quantitative estimate of drug-likeness (QED) is 0.441. The summed E-state index contributed by atoms with van der Waals surface area (Å²) in [6, 6.07) is 8.53. The molecule has 2 saturated carbocycles. The first kappa shape index (κ1) is 28.1. The van der Waals surface area contributed by atoms with E-state index in [0.29, 0.717) is 19.3 Å². The Morgan fingerprint density at radius 3 is 2.42 bits per heavy atom. The van der Waals surface area contributed by atoms with Gasteiger partial charge in [-0.05, 0) is 85.3 Å². The lowest BCUT2D eigenvalue weighted by Crippen LogP contribution is -2.58. The Morgan fingerprint density at radius 2 is 1.77 bits per heavy atom. The van der Waals surface area contributed by atoms with Crippen molar-refractivity contribution in [2.24, 2.45) is 17.3 Å². The summed E-state index contributed by atoms with van der Waals surface area (Å²) in [7, 11) is 5.20. The van der Waals surface area contributed by atoms with Crippen molar-refractivity contribution in [1.82, 2.24) is 0 Å². The number of carbonyl (C=O) groups excluding carboxylic acids is 4. The molecule has 214 valence electrons. The molecule has 0 saturated heterocycles. The first-order valence-corrected chi connectivity index (χ1v) is 14.2. The van der Waals surface area contributed by atoms with Crippen LogP contribution in [0.15, 0.2) is 47.1 Å². The molecular weight excluding hydrogens is 510 g/mol. The van der Waals surface area contributed by atoms with Gasteiger partial charge in [0.05, 0.1) is 7.11 Å². The molecule has 4 aliphatic carbocycles. The minimum Gasteiger partial charge on any atom is -0.450 e. The molecule has 0 bridgehead atoms. The minimum atomic E-state index is -1.41. The van der Waals surface area contributed by atoms with E-state index in [1.54, 1.807) is 0 Å². The van der Waals surface area contributed by atoms with E-state index >= 15 is 0 Å². The van der Waals surface area contributed by atoms with Gasteiger partial charge in [0.1, 0.15) is 0 Å². The lowest BCUT2D eigenvalue weighted by molar-refractivity contribution is -0.185. The second-order valence-corrected chi connectivity index (χ2v) is 12.1. The van der Waals surface area contributed by atoms with Crippen molar-refractivity contribution in [3.63, 3.8) is 0 Å². The highest BCUT2D eigenvalue weighted by molar-refractivity contribution is 5.94. The van der Waals surface area contributed by atoms with Crippen LogP contribution in [0, 0.1) is 17.3 Å². The van der Waals surface area contributed by atoms with Gasteiger partial charge in [-0.1, -0.05) is 24.6 Å². The van der Waals surface area contributed by atoms with Crippen LogP contribution in [0.4, 0.5) is 10.5 Å². The fourth-order valence-corrected chi connectivity index (χ4v) is 8.18. The number of benzene rings is 1. The van der Waals surface area contributed by atoms with E-state index in [4.69, 9.17) is 9.47 Å². The van der Waals surface area contributed by atoms with Crippen molar-refractivity contribution < 1.29 is 33.4 Å². The summed E-state index contributed by atoms with van der Waals surface area (Å²) in [5.41, 5.74) is 4.02. The third kappa shape index (κ3) is 4.55. The molecule has 0 N–H and O–H groups in total. The summed E-state index contributed by atoms with van der Waals surface area (Å²) < 4.78 is 15.7. The Balaban J connectivity index is 1.64. The second-order valence-electron chi connectivity index (χ2n) is 12.1. The smallest absolute Gasteiger partial charge is 0.450 e. The fourth-order valence-electron chi connectivity index (χ4n) is 8.18. The first-order valence-electron chi connectivity index (χ1n) is 14.2. The molecule has 0 amide bonds. The summed E-state index contributed by atoms with van der Waals surface area (Å²) in [6.45, 7) is 2.90. The number of carbonyl (C=O) groups is 4. The maximum Gasteiger partial charge on any atom is 0.508 e. The van der Waals surface area contributed by atoms with E-state index < -0.39 is 35.5 Å². The lowest BCUT2D eigenvalue weighted by Gasteiger charge is -2.55. The molecule has 8 nitrogen and oxygen atoms in total. The van der Waals surface area contributed by atoms with Crippen LogP contribution in [-0.4, -0.2) is 57.1 Å². The maximum atomic E-state index is 13.9. The molecule has 40 heavy (non-hydrogen) atoms. The van der Waals surface area contributed by atoms with Gasteiger partial charge in [0, 0.05) is 44.5 Å². The molecule has 1 aromatic carbocycles. The van der Waals surface area contributed by atoms with Crippen molar-refractivity contribution in [1.29, 1.82) is 0 Å². The van der Waals surface area contributed by atoms with Crippen molar-refractivity contribution in [3.8, 4) is 0 Å². The molecule has 4 aliphatic rings. The highest BCUT2D eigenvalue weighted by Gasteiger charge is 2.68. The molecule has 0 heterocycles. The Morgan fingerprint density at radius 1 is 1.05 bits per heavy atom. The molecule has 8 heteroatoms. The average molecular weight is 550 g/mol. The molecule has 0 spiro atoms. The van der Waals surface area contributed by atoms with Gasteiger partial charge in [-0.3, -0.25) is 14.4 Å². The van der Waals surface area contributed by atoms with Crippen molar-refractivity contribution in [2.45, 2.75) is 70.3 Å². The molecule has 0 aliphatic heterocycles. The summed E-state index contributed by atoms with van der Waals surface area (Å²) in [5, 5.41) is 0. The van der Waals surface area contributed by atoms with E-state index in [9.17, 15) is 19.2 Å². The molecule has 0 radical (unpaired) electrons. The number of nitrogens with zero attached hydrogens (tertiary/aromatic N) is 1. The van der Waals surface area contributed by atoms with E-state index in [1.165, 1.54) is 25.2 Å². The summed E-state index contributed by atoms with van der Waals surface area (Å²) in [5.74, 6) is -0.440. The summed E-state index contributed by atoms with van der Waals surface area (Å²) in [6.07, 6.45) is 5.57. The van der Waals surface area contributed by atoms with Gasteiger partial charge in [-0.2, -0.15) is 0 Å². The van der Waals surface area contributed by atoms with Gasteiger partial charge >= 0.3 is 12.1 Å². The third-order valence-electron chi connectivity index (χ3n) is 9.92. The van der Waals surface area contributed by atoms with Crippen LogP contribution in [0.3, 0.4) is 0 Å². The fraction of sp³-hybridized carbons (Fsp3) is 0.562. The number of fused-ring (bicyclic) bond motifs is 4. The van der Waals surface area contributed by atoms with Crippen LogP contribution in [0.5, 0.6) is 0 Å². The van der Waals surface area contributed by atoms with Crippen LogP contribution in [0.2, 0.25) is 0 Å². The number of esters is 1. The Labute approximate surface area is 235 Å². The third-order valence-corrected chi connectivity index (χ3v) is 9.92.